The summed E-state index contributed by atoms with van der Waals surface area (Å²) in [6.45, 7) is 1.70. The highest BCUT2D eigenvalue weighted by atomic mass is 32.1. The molecule has 2 N–H and O–H groups in total. The minimum atomic E-state index is -0.832. The van der Waals surface area contributed by atoms with Gasteiger partial charge in [0, 0.05) is 17.3 Å². The number of aromatic nitrogens is 1. The van der Waals surface area contributed by atoms with Crippen molar-refractivity contribution in [3.8, 4) is 11.5 Å². The van der Waals surface area contributed by atoms with Gasteiger partial charge in [0.15, 0.2) is 4.80 Å². The molecule has 0 fully saturated rings. The molecule has 0 saturated heterocycles. The van der Waals surface area contributed by atoms with E-state index in [-0.39, 0.29) is 15.7 Å². The Morgan fingerprint density at radius 2 is 1.90 bits per heavy atom. The number of hydrogen-bond donors (Lipinski definition) is 2. The third-order valence-electron chi connectivity index (χ3n) is 6.24. The van der Waals surface area contributed by atoms with Crippen LogP contribution in [0.15, 0.2) is 93.9 Å². The lowest BCUT2D eigenvalue weighted by Gasteiger charge is -2.25. The molecule has 0 aliphatic carbocycles. The van der Waals surface area contributed by atoms with Crippen molar-refractivity contribution in [2.45, 2.75) is 13.0 Å². The second kappa shape index (κ2) is 10.4. The number of carbonyl (C=O) groups is 1. The largest absolute Gasteiger partial charge is 0.502 e. The number of ether oxygens (including phenoxy) is 1. The summed E-state index contributed by atoms with van der Waals surface area (Å²) < 4.78 is 7.01. The van der Waals surface area contributed by atoms with Crippen LogP contribution in [0.3, 0.4) is 0 Å². The first-order valence-electron chi connectivity index (χ1n) is 11.8. The van der Waals surface area contributed by atoms with Gasteiger partial charge in [-0.15, -0.1) is 0 Å². The van der Waals surface area contributed by atoms with E-state index in [1.54, 1.807) is 55.5 Å². The minimum Gasteiger partial charge on any atom is -0.502 e. The van der Waals surface area contributed by atoms with Crippen LogP contribution in [0.1, 0.15) is 24.1 Å². The third kappa shape index (κ3) is 4.82. The number of methoxy groups -OCH3 is 1. The fourth-order valence-electron chi connectivity index (χ4n) is 4.41. The van der Waals surface area contributed by atoms with Crippen LogP contribution >= 0.6 is 11.3 Å². The number of para-hydroxylation sites is 2. The van der Waals surface area contributed by atoms with E-state index in [1.807, 2.05) is 6.07 Å². The average molecular weight is 543 g/mol. The number of nitro benzene ring substituents is 1. The fraction of sp³-hybridized carbons (Fsp3) is 0.107. The molecular formula is C28H22N4O6S. The average Bonchev–Trinajstić information content (AvgIpc) is 3.23. The second-order valence-electron chi connectivity index (χ2n) is 8.65. The summed E-state index contributed by atoms with van der Waals surface area (Å²) in [5.41, 5.74) is 1.12. The molecule has 0 saturated carbocycles. The molecule has 5 rings (SSSR count). The lowest BCUT2D eigenvalue weighted by atomic mass is 9.95. The lowest BCUT2D eigenvalue weighted by Crippen LogP contribution is -2.40. The Bertz CT molecular complexity index is 1820. The van der Waals surface area contributed by atoms with E-state index in [4.69, 9.17) is 4.74 Å². The molecule has 1 atom stereocenters. The summed E-state index contributed by atoms with van der Waals surface area (Å²) in [6, 6.07) is 19.3. The molecule has 1 aliphatic rings. The van der Waals surface area contributed by atoms with Crippen molar-refractivity contribution in [2.24, 2.45) is 4.99 Å². The number of phenols is 1. The van der Waals surface area contributed by atoms with Gasteiger partial charge in [0.1, 0.15) is 5.75 Å². The van der Waals surface area contributed by atoms with Gasteiger partial charge in [-0.1, -0.05) is 53.8 Å². The lowest BCUT2D eigenvalue weighted by molar-refractivity contribution is -0.385. The molecule has 10 nitrogen and oxygen atoms in total. The highest BCUT2D eigenvalue weighted by Gasteiger charge is 2.33. The molecule has 0 unspecified atom stereocenters. The van der Waals surface area contributed by atoms with Gasteiger partial charge in [-0.3, -0.25) is 24.3 Å². The van der Waals surface area contributed by atoms with Gasteiger partial charge in [-0.25, -0.2) is 4.99 Å². The topological polar surface area (TPSA) is 136 Å². The van der Waals surface area contributed by atoms with Crippen LogP contribution in [-0.2, 0) is 4.79 Å². The van der Waals surface area contributed by atoms with Crippen molar-refractivity contribution >= 4 is 34.7 Å². The summed E-state index contributed by atoms with van der Waals surface area (Å²) in [7, 11) is 1.53. The quantitative estimate of drug-likeness (QED) is 0.283. The van der Waals surface area contributed by atoms with Gasteiger partial charge in [0.05, 0.1) is 33.9 Å². The highest BCUT2D eigenvalue weighted by Crippen LogP contribution is 2.33. The third-order valence-corrected chi connectivity index (χ3v) is 7.22. The number of carbonyl (C=O) groups excluding carboxylic acids is 1. The first-order valence-corrected chi connectivity index (χ1v) is 12.6. The first-order chi connectivity index (χ1) is 18.8. The van der Waals surface area contributed by atoms with Crippen molar-refractivity contribution in [1.29, 1.82) is 0 Å². The molecule has 2 heterocycles. The zero-order valence-electron chi connectivity index (χ0n) is 20.8. The standard InChI is InChI=1S/C28H22N4O6S/c1-16-23(26(34)30-19-10-4-3-5-11-19)24(17-8-6-12-20(14-17)38-2)31-27(35)22(39-28(31)29-16)15-18-9-7-13-21(25(18)33)32(36)37/h3-15,24,33H,1-2H3,(H,30,34)/t24-/m0/s1. The Labute approximate surface area is 225 Å². The van der Waals surface area contributed by atoms with Gasteiger partial charge in [0.25, 0.3) is 11.5 Å². The van der Waals surface area contributed by atoms with Crippen LogP contribution in [0.2, 0.25) is 0 Å². The van der Waals surface area contributed by atoms with E-state index >= 15 is 0 Å². The molecule has 3 aromatic carbocycles. The number of nitrogens with zero attached hydrogens (tertiary/aromatic N) is 3. The predicted octanol–water partition coefficient (Wildman–Crippen LogP) is 3.50. The number of amides is 1. The Hall–Kier alpha value is -5.03. The van der Waals surface area contributed by atoms with Crippen LogP contribution in [0.4, 0.5) is 11.4 Å². The number of thiazole rings is 1. The molecule has 0 spiro atoms. The Balaban J connectivity index is 1.70. The number of phenolic OH excluding ortho intramolecular Hbond substituents is 1. The maximum absolute atomic E-state index is 13.8. The molecule has 0 bridgehead atoms. The van der Waals surface area contributed by atoms with Gasteiger partial charge in [-0.05, 0) is 42.8 Å². The second-order valence-corrected chi connectivity index (χ2v) is 9.66. The molecule has 196 valence electrons. The van der Waals surface area contributed by atoms with E-state index in [2.05, 4.69) is 10.3 Å². The zero-order chi connectivity index (χ0) is 27.7. The normalized spacial score (nSPS) is 14.9. The van der Waals surface area contributed by atoms with Crippen LogP contribution in [0, 0.1) is 10.1 Å². The number of rotatable bonds is 6. The summed E-state index contributed by atoms with van der Waals surface area (Å²) in [5.74, 6) is -0.411. The number of nitro groups is 1. The summed E-state index contributed by atoms with van der Waals surface area (Å²) in [4.78, 5) is 42.9. The van der Waals surface area contributed by atoms with Crippen molar-refractivity contribution < 1.29 is 19.6 Å². The molecule has 1 aliphatic heterocycles. The van der Waals surface area contributed by atoms with E-state index in [0.29, 0.717) is 27.5 Å². The summed E-state index contributed by atoms with van der Waals surface area (Å²) in [5, 5.41) is 24.6. The molecular weight excluding hydrogens is 520 g/mol. The monoisotopic (exact) mass is 542 g/mol. The van der Waals surface area contributed by atoms with Crippen molar-refractivity contribution in [1.82, 2.24) is 4.57 Å². The van der Waals surface area contributed by atoms with Gasteiger partial charge in [-0.2, -0.15) is 0 Å². The van der Waals surface area contributed by atoms with Crippen molar-refractivity contribution in [2.75, 3.05) is 12.4 Å². The highest BCUT2D eigenvalue weighted by molar-refractivity contribution is 7.07. The predicted molar refractivity (Wildman–Crippen MR) is 147 cm³/mol. The Kier molecular flexibility index (Phi) is 6.82. The van der Waals surface area contributed by atoms with Gasteiger partial charge >= 0.3 is 5.69 Å². The number of allylic oxidation sites excluding steroid dienone is 1. The number of nitrogens with one attached hydrogen (secondary N) is 1. The SMILES string of the molecule is COc1cccc([C@H]2C(C(=O)Nc3ccccc3)=C(C)N=c3sc(=Cc4cccc([N+](=O)[O-])c4O)c(=O)n32)c1. The molecule has 4 aromatic rings. The van der Waals surface area contributed by atoms with Crippen molar-refractivity contribution in [3.05, 3.63) is 125 Å². The summed E-state index contributed by atoms with van der Waals surface area (Å²) in [6.07, 6.45) is 1.39. The first kappa shape index (κ1) is 25.6. The number of aromatic hydroxyl groups is 1. The molecule has 1 aromatic heterocycles. The zero-order valence-corrected chi connectivity index (χ0v) is 21.6. The van der Waals surface area contributed by atoms with Crippen LogP contribution in [0.25, 0.3) is 6.08 Å². The Morgan fingerprint density at radius 1 is 1.15 bits per heavy atom. The molecule has 1 amide bonds. The number of fused-ring (bicyclic) bond motifs is 1. The summed E-state index contributed by atoms with van der Waals surface area (Å²) >= 11 is 1.06. The van der Waals surface area contributed by atoms with Gasteiger partial charge < -0.3 is 15.2 Å². The van der Waals surface area contributed by atoms with Crippen LogP contribution in [0.5, 0.6) is 11.5 Å². The number of benzene rings is 3. The number of anilines is 1. The van der Waals surface area contributed by atoms with E-state index < -0.39 is 33.9 Å². The molecule has 11 heteroatoms. The molecule has 39 heavy (non-hydrogen) atoms. The maximum atomic E-state index is 13.8. The molecule has 0 radical (unpaired) electrons. The number of hydrogen-bond acceptors (Lipinski definition) is 8. The minimum absolute atomic E-state index is 0.116. The Morgan fingerprint density at radius 3 is 2.62 bits per heavy atom. The fourth-order valence-corrected chi connectivity index (χ4v) is 5.45. The van der Waals surface area contributed by atoms with Crippen molar-refractivity contribution in [3.63, 3.8) is 0 Å². The van der Waals surface area contributed by atoms with Gasteiger partial charge in [0.2, 0.25) is 5.75 Å². The smallest absolute Gasteiger partial charge is 0.311 e. The van der Waals surface area contributed by atoms with E-state index in [1.165, 1.54) is 36.0 Å². The maximum Gasteiger partial charge on any atom is 0.311 e. The van der Waals surface area contributed by atoms with E-state index in [0.717, 1.165) is 11.3 Å². The van der Waals surface area contributed by atoms with Crippen LogP contribution in [-0.4, -0.2) is 27.6 Å². The van der Waals surface area contributed by atoms with E-state index in [9.17, 15) is 24.8 Å². The van der Waals surface area contributed by atoms with Crippen LogP contribution < -0.4 is 24.9 Å².